The van der Waals surface area contributed by atoms with Crippen LogP contribution in [-0.2, 0) is 24.3 Å². The van der Waals surface area contributed by atoms with Gasteiger partial charge in [-0.2, -0.15) is 0 Å². The van der Waals surface area contributed by atoms with E-state index in [1.165, 1.54) is 4.31 Å². The highest BCUT2D eigenvalue weighted by Crippen LogP contribution is 2.38. The smallest absolute Gasteiger partial charge is 0.306 e. The molecule has 0 aliphatic carbocycles. The lowest BCUT2D eigenvalue weighted by Crippen LogP contribution is -2.44. The Balaban J connectivity index is 1.86. The van der Waals surface area contributed by atoms with Crippen molar-refractivity contribution < 1.29 is 22.7 Å². The van der Waals surface area contributed by atoms with Gasteiger partial charge in [-0.3, -0.25) is 9.59 Å². The highest BCUT2D eigenvalue weighted by Gasteiger charge is 2.42. The Morgan fingerprint density at radius 3 is 2.57 bits per heavy atom. The van der Waals surface area contributed by atoms with E-state index in [0.717, 1.165) is 0 Å². The number of rotatable bonds is 5. The van der Waals surface area contributed by atoms with Crippen molar-refractivity contribution in [1.82, 2.24) is 9.62 Å². The molecule has 7 nitrogen and oxygen atoms in total. The quantitative estimate of drug-likeness (QED) is 0.713. The van der Waals surface area contributed by atoms with Gasteiger partial charge in [-0.05, 0) is 25.2 Å². The van der Waals surface area contributed by atoms with Crippen molar-refractivity contribution >= 4 is 21.9 Å². The molecule has 1 N–H and O–H groups in total. The Bertz CT molecular complexity index is 509. The van der Waals surface area contributed by atoms with Gasteiger partial charge in [-0.25, -0.2) is 12.7 Å². The summed E-state index contributed by atoms with van der Waals surface area (Å²) in [4.78, 5) is 22.6. The normalized spacial score (nSPS) is 22.2. The van der Waals surface area contributed by atoms with Gasteiger partial charge in [0.25, 0.3) is 0 Å². The van der Waals surface area contributed by atoms with Gasteiger partial charge in [0, 0.05) is 26.1 Å². The average molecular weight is 318 g/mol. The summed E-state index contributed by atoms with van der Waals surface area (Å²) >= 11 is 0. The van der Waals surface area contributed by atoms with E-state index in [1.807, 2.05) is 0 Å². The van der Waals surface area contributed by atoms with Gasteiger partial charge in [-0.1, -0.05) is 0 Å². The van der Waals surface area contributed by atoms with E-state index in [9.17, 15) is 18.0 Å². The molecule has 1 amide bonds. The van der Waals surface area contributed by atoms with Crippen LogP contribution >= 0.6 is 0 Å². The number of hydrogen-bond acceptors (Lipinski definition) is 5. The Hall–Kier alpha value is -1.15. The number of amides is 1. The lowest BCUT2D eigenvalue weighted by molar-refractivity contribution is -0.142. The molecule has 2 rings (SSSR count). The molecule has 2 fully saturated rings. The van der Waals surface area contributed by atoms with Crippen molar-refractivity contribution in [3.8, 4) is 0 Å². The van der Waals surface area contributed by atoms with Gasteiger partial charge in [-0.15, -0.1) is 0 Å². The number of hydrogen-bond donors (Lipinski definition) is 1. The molecule has 0 bridgehead atoms. The molecule has 1 spiro atoms. The van der Waals surface area contributed by atoms with Crippen molar-refractivity contribution in [3.05, 3.63) is 0 Å². The Morgan fingerprint density at radius 2 is 2.05 bits per heavy atom. The topological polar surface area (TPSA) is 92.8 Å². The summed E-state index contributed by atoms with van der Waals surface area (Å²) in [5.41, 5.74) is -0.0791. The predicted octanol–water partition coefficient (Wildman–Crippen LogP) is -0.128. The van der Waals surface area contributed by atoms with Gasteiger partial charge < -0.3 is 10.1 Å². The zero-order chi connectivity index (χ0) is 15.5. The van der Waals surface area contributed by atoms with Crippen molar-refractivity contribution in [2.45, 2.75) is 32.6 Å². The van der Waals surface area contributed by atoms with Crippen LogP contribution in [0.15, 0.2) is 0 Å². The summed E-state index contributed by atoms with van der Waals surface area (Å²) < 4.78 is 30.6. The predicted molar refractivity (Wildman–Crippen MR) is 75.9 cm³/mol. The summed E-state index contributed by atoms with van der Waals surface area (Å²) in [7, 11) is -3.43. The van der Waals surface area contributed by atoms with Gasteiger partial charge in [0.2, 0.25) is 15.9 Å². The maximum absolute atomic E-state index is 12.2. The van der Waals surface area contributed by atoms with Gasteiger partial charge in [0.05, 0.1) is 18.8 Å². The summed E-state index contributed by atoms with van der Waals surface area (Å²) in [5, 5.41) is 2.82. The van der Waals surface area contributed by atoms with E-state index in [1.54, 1.807) is 6.92 Å². The number of ether oxygens (including phenoxy) is 1. The van der Waals surface area contributed by atoms with Crippen LogP contribution in [0.25, 0.3) is 0 Å². The van der Waals surface area contributed by atoms with Crippen molar-refractivity contribution in [2.75, 3.05) is 32.0 Å². The van der Waals surface area contributed by atoms with Crippen LogP contribution in [0, 0.1) is 5.41 Å². The Kier molecular flexibility index (Phi) is 4.88. The van der Waals surface area contributed by atoms with Crippen LogP contribution in [0.3, 0.4) is 0 Å². The molecule has 2 aliphatic heterocycles. The molecular formula is C13H22N2O5S. The van der Waals surface area contributed by atoms with E-state index in [4.69, 9.17) is 4.74 Å². The minimum absolute atomic E-state index is 0.0496. The molecule has 21 heavy (non-hydrogen) atoms. The van der Waals surface area contributed by atoms with Crippen molar-refractivity contribution in [2.24, 2.45) is 5.41 Å². The highest BCUT2D eigenvalue weighted by atomic mass is 32.2. The fourth-order valence-electron chi connectivity index (χ4n) is 2.92. The summed E-state index contributed by atoms with van der Waals surface area (Å²) in [6, 6.07) is 0. The number of nitrogens with zero attached hydrogens (tertiary/aromatic N) is 1. The molecule has 0 aromatic rings. The molecule has 0 aromatic heterocycles. The molecule has 2 heterocycles. The second kappa shape index (κ2) is 6.31. The molecule has 2 saturated heterocycles. The van der Waals surface area contributed by atoms with Crippen molar-refractivity contribution in [1.29, 1.82) is 0 Å². The average Bonchev–Trinajstić information content (AvgIpc) is 2.79. The van der Waals surface area contributed by atoms with Crippen LogP contribution in [0.5, 0.6) is 0 Å². The van der Waals surface area contributed by atoms with Crippen LogP contribution in [0.1, 0.15) is 32.6 Å². The second-order valence-corrected chi connectivity index (χ2v) is 7.81. The largest absolute Gasteiger partial charge is 0.466 e. The molecular weight excluding hydrogens is 296 g/mol. The lowest BCUT2D eigenvalue weighted by atomic mass is 9.78. The van der Waals surface area contributed by atoms with E-state index >= 15 is 0 Å². The summed E-state index contributed by atoms with van der Waals surface area (Å²) in [6.07, 6.45) is 1.75. The summed E-state index contributed by atoms with van der Waals surface area (Å²) in [5.74, 6) is -0.649. The Labute approximate surface area is 125 Å². The van der Waals surface area contributed by atoms with Crippen molar-refractivity contribution in [3.63, 3.8) is 0 Å². The number of piperidine rings is 1. The third-order valence-electron chi connectivity index (χ3n) is 4.24. The fraction of sp³-hybridized carbons (Fsp3) is 0.846. The van der Waals surface area contributed by atoms with E-state index < -0.39 is 16.0 Å². The third-order valence-corrected chi connectivity index (χ3v) is 6.11. The standard InChI is InChI=1S/C13H22N2O5S/c1-2-20-12(17)3-8-21(18,19)15-6-4-13(5-7-15)9-11(16)14-10-13/h2-10H2,1H3,(H,14,16). The first kappa shape index (κ1) is 16.2. The number of esters is 1. The van der Waals surface area contributed by atoms with E-state index in [-0.39, 0.29) is 30.1 Å². The van der Waals surface area contributed by atoms with Crippen LogP contribution in [-0.4, -0.2) is 56.6 Å². The zero-order valence-electron chi connectivity index (χ0n) is 12.3. The number of sulfonamides is 1. The number of carbonyl (C=O) groups excluding carboxylic acids is 2. The minimum Gasteiger partial charge on any atom is -0.466 e. The molecule has 0 unspecified atom stereocenters. The first-order chi connectivity index (χ1) is 9.87. The van der Waals surface area contributed by atoms with Crippen LogP contribution in [0.2, 0.25) is 0 Å². The molecule has 0 radical (unpaired) electrons. The maximum atomic E-state index is 12.2. The molecule has 8 heteroatoms. The van der Waals surface area contributed by atoms with Gasteiger partial charge >= 0.3 is 5.97 Å². The third kappa shape index (κ3) is 3.94. The second-order valence-electron chi connectivity index (χ2n) is 5.72. The fourth-order valence-corrected chi connectivity index (χ4v) is 4.34. The highest BCUT2D eigenvalue weighted by molar-refractivity contribution is 7.89. The van der Waals surface area contributed by atoms with E-state index in [2.05, 4.69) is 5.32 Å². The number of carbonyl (C=O) groups is 2. The van der Waals surface area contributed by atoms with E-state index in [0.29, 0.717) is 38.9 Å². The lowest BCUT2D eigenvalue weighted by Gasteiger charge is -2.37. The van der Waals surface area contributed by atoms with Gasteiger partial charge in [0.15, 0.2) is 0 Å². The molecule has 0 aromatic carbocycles. The number of nitrogens with one attached hydrogen (secondary N) is 1. The molecule has 120 valence electrons. The first-order valence-corrected chi connectivity index (χ1v) is 8.88. The monoisotopic (exact) mass is 318 g/mol. The molecule has 0 saturated carbocycles. The minimum atomic E-state index is -3.43. The SMILES string of the molecule is CCOC(=O)CCS(=O)(=O)N1CCC2(CC1)CNC(=O)C2. The van der Waals surface area contributed by atoms with Gasteiger partial charge in [0.1, 0.15) is 0 Å². The van der Waals surface area contributed by atoms with Crippen LogP contribution in [0.4, 0.5) is 0 Å². The molecule has 0 atom stereocenters. The summed E-state index contributed by atoms with van der Waals surface area (Å²) in [6.45, 7) is 3.42. The Morgan fingerprint density at radius 1 is 1.38 bits per heavy atom. The maximum Gasteiger partial charge on any atom is 0.306 e. The van der Waals surface area contributed by atoms with Crippen LogP contribution < -0.4 is 5.32 Å². The first-order valence-electron chi connectivity index (χ1n) is 7.27. The zero-order valence-corrected chi connectivity index (χ0v) is 13.1. The molecule has 2 aliphatic rings.